The Morgan fingerprint density at radius 1 is 1.21 bits per heavy atom. The molecular formula is C16H34N2O. The normalized spacial score (nSPS) is 25.4. The van der Waals surface area contributed by atoms with Gasteiger partial charge in [-0.25, -0.2) is 0 Å². The summed E-state index contributed by atoms with van der Waals surface area (Å²) in [5.74, 6) is 0.771. The molecule has 3 heteroatoms. The predicted octanol–water partition coefficient (Wildman–Crippen LogP) is 2.90. The molecule has 3 unspecified atom stereocenters. The van der Waals surface area contributed by atoms with Crippen LogP contribution in [0.25, 0.3) is 0 Å². The topological polar surface area (TPSA) is 24.5 Å². The van der Waals surface area contributed by atoms with Crippen LogP contribution in [0.3, 0.4) is 0 Å². The van der Waals surface area contributed by atoms with Crippen molar-refractivity contribution in [2.75, 3.05) is 26.7 Å². The van der Waals surface area contributed by atoms with Crippen LogP contribution in [0.2, 0.25) is 0 Å². The molecule has 3 atom stereocenters. The van der Waals surface area contributed by atoms with Crippen LogP contribution in [0.15, 0.2) is 0 Å². The average molecular weight is 270 g/mol. The minimum absolute atomic E-state index is 0.436. The second-order valence-corrected chi connectivity index (χ2v) is 6.58. The van der Waals surface area contributed by atoms with E-state index in [4.69, 9.17) is 4.74 Å². The van der Waals surface area contributed by atoms with E-state index in [-0.39, 0.29) is 0 Å². The Labute approximate surface area is 120 Å². The number of hydrogen-bond donors (Lipinski definition) is 1. The summed E-state index contributed by atoms with van der Waals surface area (Å²) in [6.07, 6.45) is 5.78. The summed E-state index contributed by atoms with van der Waals surface area (Å²) in [6, 6.07) is 0.654. The van der Waals surface area contributed by atoms with Crippen molar-refractivity contribution in [3.63, 3.8) is 0 Å². The molecule has 0 aliphatic carbocycles. The van der Waals surface area contributed by atoms with Gasteiger partial charge < -0.3 is 15.0 Å². The molecule has 0 aromatic rings. The Balaban J connectivity index is 2.20. The van der Waals surface area contributed by atoms with Crippen LogP contribution in [-0.2, 0) is 4.74 Å². The van der Waals surface area contributed by atoms with E-state index < -0.39 is 0 Å². The summed E-state index contributed by atoms with van der Waals surface area (Å²) < 4.78 is 6.13. The van der Waals surface area contributed by atoms with E-state index in [1.165, 1.54) is 25.7 Å². The van der Waals surface area contributed by atoms with Crippen molar-refractivity contribution in [1.82, 2.24) is 10.2 Å². The molecule has 1 N–H and O–H groups in total. The van der Waals surface area contributed by atoms with E-state index >= 15 is 0 Å². The standard InChI is InChI=1S/C16H34N2O/c1-6-9-17-11-15-7-8-16(19-15)12-18(5)14(4)10-13(2)3/h13-17H,6-12H2,1-5H3. The number of likely N-dealkylation sites (N-methyl/N-ethyl adjacent to an activating group) is 1. The Hall–Kier alpha value is -0.120. The monoisotopic (exact) mass is 270 g/mol. The first-order valence-corrected chi connectivity index (χ1v) is 8.09. The summed E-state index contributed by atoms with van der Waals surface area (Å²) >= 11 is 0. The molecule has 0 amide bonds. The molecular weight excluding hydrogens is 236 g/mol. The first kappa shape index (κ1) is 16.9. The summed E-state index contributed by atoms with van der Waals surface area (Å²) in [4.78, 5) is 2.46. The van der Waals surface area contributed by atoms with Crippen molar-refractivity contribution in [1.29, 1.82) is 0 Å². The van der Waals surface area contributed by atoms with E-state index in [0.29, 0.717) is 18.2 Å². The van der Waals surface area contributed by atoms with Crippen molar-refractivity contribution in [3.8, 4) is 0 Å². The smallest absolute Gasteiger partial charge is 0.0707 e. The maximum absolute atomic E-state index is 6.13. The average Bonchev–Trinajstić information content (AvgIpc) is 2.76. The molecule has 1 heterocycles. The van der Waals surface area contributed by atoms with Crippen LogP contribution in [-0.4, -0.2) is 49.8 Å². The van der Waals surface area contributed by atoms with Gasteiger partial charge in [-0.05, 0) is 52.1 Å². The second-order valence-electron chi connectivity index (χ2n) is 6.58. The molecule has 1 aliphatic heterocycles. The van der Waals surface area contributed by atoms with Gasteiger partial charge in [0, 0.05) is 19.1 Å². The highest BCUT2D eigenvalue weighted by Crippen LogP contribution is 2.21. The van der Waals surface area contributed by atoms with Gasteiger partial charge in [0.15, 0.2) is 0 Å². The van der Waals surface area contributed by atoms with Crippen molar-refractivity contribution < 1.29 is 4.74 Å². The first-order chi connectivity index (χ1) is 9.02. The molecule has 1 aliphatic rings. The van der Waals surface area contributed by atoms with Crippen molar-refractivity contribution in [2.24, 2.45) is 5.92 Å². The molecule has 0 spiro atoms. The van der Waals surface area contributed by atoms with Crippen molar-refractivity contribution >= 4 is 0 Å². The van der Waals surface area contributed by atoms with Gasteiger partial charge in [-0.15, -0.1) is 0 Å². The van der Waals surface area contributed by atoms with Crippen LogP contribution >= 0.6 is 0 Å². The summed E-state index contributed by atoms with van der Waals surface area (Å²) in [7, 11) is 2.24. The fraction of sp³-hybridized carbons (Fsp3) is 1.00. The van der Waals surface area contributed by atoms with Gasteiger partial charge in [0.25, 0.3) is 0 Å². The lowest BCUT2D eigenvalue weighted by Gasteiger charge is -2.28. The first-order valence-electron chi connectivity index (χ1n) is 8.09. The largest absolute Gasteiger partial charge is 0.372 e. The van der Waals surface area contributed by atoms with Gasteiger partial charge in [-0.2, -0.15) is 0 Å². The molecule has 3 nitrogen and oxygen atoms in total. The number of rotatable bonds is 9. The number of nitrogens with zero attached hydrogens (tertiary/aromatic N) is 1. The lowest BCUT2D eigenvalue weighted by atomic mass is 10.0. The van der Waals surface area contributed by atoms with E-state index in [0.717, 1.165) is 25.6 Å². The van der Waals surface area contributed by atoms with Crippen LogP contribution in [0.4, 0.5) is 0 Å². The lowest BCUT2D eigenvalue weighted by molar-refractivity contribution is 0.0204. The van der Waals surface area contributed by atoms with Crippen LogP contribution < -0.4 is 5.32 Å². The third-order valence-corrected chi connectivity index (χ3v) is 4.05. The van der Waals surface area contributed by atoms with E-state index in [2.05, 4.69) is 45.0 Å². The van der Waals surface area contributed by atoms with Gasteiger partial charge in [-0.3, -0.25) is 0 Å². The Bertz CT molecular complexity index is 233. The molecule has 19 heavy (non-hydrogen) atoms. The van der Waals surface area contributed by atoms with Crippen LogP contribution in [0, 0.1) is 5.92 Å². The Morgan fingerprint density at radius 2 is 1.89 bits per heavy atom. The van der Waals surface area contributed by atoms with E-state index in [9.17, 15) is 0 Å². The van der Waals surface area contributed by atoms with Gasteiger partial charge >= 0.3 is 0 Å². The third kappa shape index (κ3) is 6.73. The summed E-state index contributed by atoms with van der Waals surface area (Å²) in [5, 5.41) is 3.46. The fourth-order valence-corrected chi connectivity index (χ4v) is 2.87. The molecule has 0 saturated carbocycles. The zero-order valence-electron chi connectivity index (χ0n) is 13.6. The van der Waals surface area contributed by atoms with E-state index in [1.807, 2.05) is 0 Å². The number of ether oxygens (including phenoxy) is 1. The fourth-order valence-electron chi connectivity index (χ4n) is 2.87. The molecule has 0 radical (unpaired) electrons. The zero-order chi connectivity index (χ0) is 14.3. The maximum Gasteiger partial charge on any atom is 0.0707 e. The Morgan fingerprint density at radius 3 is 2.53 bits per heavy atom. The molecule has 114 valence electrons. The third-order valence-electron chi connectivity index (χ3n) is 4.05. The summed E-state index contributed by atoms with van der Waals surface area (Å²) in [6.45, 7) is 12.3. The zero-order valence-corrected chi connectivity index (χ0v) is 13.6. The Kier molecular flexibility index (Phi) is 7.96. The quantitative estimate of drug-likeness (QED) is 0.652. The molecule has 1 fully saturated rings. The van der Waals surface area contributed by atoms with Gasteiger partial charge in [0.05, 0.1) is 12.2 Å². The van der Waals surface area contributed by atoms with Crippen LogP contribution in [0.5, 0.6) is 0 Å². The lowest BCUT2D eigenvalue weighted by Crippen LogP contribution is -2.37. The van der Waals surface area contributed by atoms with Gasteiger partial charge in [0.1, 0.15) is 0 Å². The van der Waals surface area contributed by atoms with Crippen LogP contribution in [0.1, 0.15) is 53.4 Å². The highest BCUT2D eigenvalue weighted by atomic mass is 16.5. The minimum atomic E-state index is 0.436. The minimum Gasteiger partial charge on any atom is -0.372 e. The van der Waals surface area contributed by atoms with Crippen molar-refractivity contribution in [3.05, 3.63) is 0 Å². The van der Waals surface area contributed by atoms with Gasteiger partial charge in [0.2, 0.25) is 0 Å². The SMILES string of the molecule is CCCNCC1CCC(CN(C)C(C)CC(C)C)O1. The van der Waals surface area contributed by atoms with Crippen molar-refractivity contribution in [2.45, 2.75) is 71.6 Å². The predicted molar refractivity (Wildman–Crippen MR) is 82.6 cm³/mol. The second kappa shape index (κ2) is 8.93. The molecule has 0 aromatic carbocycles. The number of hydrogen-bond acceptors (Lipinski definition) is 3. The van der Waals surface area contributed by atoms with E-state index in [1.54, 1.807) is 0 Å². The molecule has 1 rings (SSSR count). The molecule has 1 saturated heterocycles. The molecule has 0 bridgehead atoms. The summed E-state index contributed by atoms with van der Waals surface area (Å²) in [5.41, 5.74) is 0. The highest BCUT2D eigenvalue weighted by molar-refractivity contribution is 4.79. The maximum atomic E-state index is 6.13. The molecule has 0 aromatic heterocycles. The highest BCUT2D eigenvalue weighted by Gasteiger charge is 2.26. The number of nitrogens with one attached hydrogen (secondary N) is 1. The van der Waals surface area contributed by atoms with Gasteiger partial charge in [-0.1, -0.05) is 20.8 Å².